The molecule has 0 aliphatic heterocycles. The lowest BCUT2D eigenvalue weighted by Gasteiger charge is -2.17. The molecule has 2 unspecified atom stereocenters. The number of nitrogens with two attached hydrogens (primary N) is 1. The average molecular weight is 288 g/mol. The molecule has 2 atom stereocenters. The molecule has 0 heterocycles. The van der Waals surface area contributed by atoms with E-state index in [4.69, 9.17) is 17.3 Å². The maximum atomic E-state index is 13.2. The maximum Gasteiger partial charge on any atom is 0.308 e. The Kier molecular flexibility index (Phi) is 6.81. The normalized spacial score (nSPS) is 13.9. The highest BCUT2D eigenvalue weighted by Gasteiger charge is 2.20. The van der Waals surface area contributed by atoms with Gasteiger partial charge in [0.25, 0.3) is 0 Å². The Bertz CT molecular complexity index is 414. The molecule has 106 valence electrons. The minimum absolute atomic E-state index is 0.0321. The molecule has 0 aromatic heterocycles. The summed E-state index contributed by atoms with van der Waals surface area (Å²) in [5.41, 5.74) is 6.44. The van der Waals surface area contributed by atoms with Gasteiger partial charge in [-0.05, 0) is 24.6 Å². The third kappa shape index (κ3) is 5.17. The molecule has 1 aromatic rings. The number of carbonyl (C=O) groups is 1. The summed E-state index contributed by atoms with van der Waals surface area (Å²) in [6, 6.07) is 7.17. The average Bonchev–Trinajstić information content (AvgIpc) is 2.37. The summed E-state index contributed by atoms with van der Waals surface area (Å²) in [7, 11) is 0. The highest BCUT2D eigenvalue weighted by Crippen LogP contribution is 2.26. The predicted octanol–water partition coefficient (Wildman–Crippen LogP) is 3.41. The zero-order chi connectivity index (χ0) is 14.3. The van der Waals surface area contributed by atoms with Gasteiger partial charge in [-0.25, -0.2) is 4.39 Å². The van der Waals surface area contributed by atoms with Gasteiger partial charge in [-0.3, -0.25) is 4.79 Å². The van der Waals surface area contributed by atoms with E-state index in [9.17, 15) is 9.18 Å². The number of benzene rings is 1. The first kappa shape index (κ1) is 15.9. The lowest BCUT2D eigenvalue weighted by Crippen LogP contribution is -2.20. The lowest BCUT2D eigenvalue weighted by molar-refractivity contribution is -0.158. The van der Waals surface area contributed by atoms with E-state index in [0.717, 1.165) is 5.56 Å². The van der Waals surface area contributed by atoms with Crippen LogP contribution in [-0.2, 0) is 9.53 Å². The van der Waals surface area contributed by atoms with E-state index >= 15 is 0 Å². The molecule has 19 heavy (non-hydrogen) atoms. The monoisotopic (exact) mass is 287 g/mol. The van der Waals surface area contributed by atoms with E-state index in [0.29, 0.717) is 11.4 Å². The summed E-state index contributed by atoms with van der Waals surface area (Å²) in [4.78, 5) is 11.6. The van der Waals surface area contributed by atoms with Gasteiger partial charge in [-0.2, -0.15) is 0 Å². The van der Waals surface area contributed by atoms with Gasteiger partial charge in [-0.15, -0.1) is 0 Å². The van der Waals surface area contributed by atoms with Crippen molar-refractivity contribution in [2.75, 3.05) is 6.54 Å². The van der Waals surface area contributed by atoms with Gasteiger partial charge in [-0.1, -0.05) is 36.7 Å². The molecule has 0 amide bonds. The number of halogens is 2. The second-order valence-corrected chi connectivity index (χ2v) is 4.75. The van der Waals surface area contributed by atoms with Crippen LogP contribution in [0.3, 0.4) is 0 Å². The third-order valence-corrected chi connectivity index (χ3v) is 3.16. The van der Waals surface area contributed by atoms with Gasteiger partial charge >= 0.3 is 5.97 Å². The first-order valence-corrected chi connectivity index (χ1v) is 6.74. The molecule has 2 N–H and O–H groups in total. The van der Waals surface area contributed by atoms with Gasteiger partial charge in [0.1, 0.15) is 0 Å². The van der Waals surface area contributed by atoms with Crippen molar-refractivity contribution in [2.45, 2.75) is 38.5 Å². The van der Waals surface area contributed by atoms with Crippen LogP contribution in [0.5, 0.6) is 0 Å². The Morgan fingerprint density at radius 1 is 1.47 bits per heavy atom. The molecule has 1 rings (SSSR count). The summed E-state index contributed by atoms with van der Waals surface area (Å²) in [6.07, 6.45) is -0.670. The summed E-state index contributed by atoms with van der Waals surface area (Å²) in [5.74, 6) is -0.841. The van der Waals surface area contributed by atoms with Crippen LogP contribution in [0, 0.1) is 0 Å². The molecule has 5 heteroatoms. The van der Waals surface area contributed by atoms with Gasteiger partial charge in [0.05, 0.1) is 6.42 Å². The SMILES string of the molecule is CCCC(F)OC(=O)CC(CN)c1ccccc1Cl. The topological polar surface area (TPSA) is 52.3 Å². The molecule has 0 aliphatic carbocycles. The fraction of sp³-hybridized carbons (Fsp3) is 0.500. The van der Waals surface area contributed by atoms with Crippen LogP contribution in [0.2, 0.25) is 5.02 Å². The molecule has 0 radical (unpaired) electrons. The molecule has 0 spiro atoms. The van der Waals surface area contributed by atoms with Gasteiger partial charge in [0, 0.05) is 17.4 Å². The smallest absolute Gasteiger partial charge is 0.308 e. The minimum Gasteiger partial charge on any atom is -0.431 e. The number of ether oxygens (including phenoxy) is 1. The van der Waals surface area contributed by atoms with Crippen molar-refractivity contribution in [3.63, 3.8) is 0 Å². The Balaban J connectivity index is 2.62. The number of carbonyl (C=O) groups excluding carboxylic acids is 1. The summed E-state index contributed by atoms with van der Waals surface area (Å²) in [6.45, 7) is 2.08. The summed E-state index contributed by atoms with van der Waals surface area (Å²) >= 11 is 6.05. The first-order valence-electron chi connectivity index (χ1n) is 6.36. The highest BCUT2D eigenvalue weighted by atomic mass is 35.5. The van der Waals surface area contributed by atoms with Crippen LogP contribution in [0.1, 0.15) is 37.7 Å². The van der Waals surface area contributed by atoms with Crippen molar-refractivity contribution in [3.05, 3.63) is 34.9 Å². The van der Waals surface area contributed by atoms with E-state index in [1.165, 1.54) is 0 Å². The molecular weight excluding hydrogens is 269 g/mol. The van der Waals surface area contributed by atoms with E-state index in [-0.39, 0.29) is 25.3 Å². The van der Waals surface area contributed by atoms with Crippen molar-refractivity contribution in [1.82, 2.24) is 0 Å². The number of hydrogen-bond donors (Lipinski definition) is 1. The van der Waals surface area contributed by atoms with Crippen molar-refractivity contribution in [2.24, 2.45) is 5.73 Å². The first-order chi connectivity index (χ1) is 9.08. The van der Waals surface area contributed by atoms with Crippen molar-refractivity contribution >= 4 is 17.6 Å². The van der Waals surface area contributed by atoms with E-state index in [1.807, 2.05) is 19.1 Å². The van der Waals surface area contributed by atoms with Crippen molar-refractivity contribution in [1.29, 1.82) is 0 Å². The standard InChI is InChI=1S/C14H19ClFNO2/c1-2-5-13(16)19-14(18)8-10(9-17)11-6-3-4-7-12(11)15/h3-4,6-7,10,13H,2,5,8-9,17H2,1H3. The van der Waals surface area contributed by atoms with E-state index in [1.54, 1.807) is 12.1 Å². The molecule has 0 saturated carbocycles. The minimum atomic E-state index is -1.54. The zero-order valence-corrected chi connectivity index (χ0v) is 11.7. The molecule has 0 bridgehead atoms. The van der Waals surface area contributed by atoms with E-state index < -0.39 is 12.3 Å². The Hall–Kier alpha value is -1.13. The molecule has 0 saturated heterocycles. The highest BCUT2D eigenvalue weighted by molar-refractivity contribution is 6.31. The number of esters is 1. The molecule has 0 fully saturated rings. The Labute approximate surface area is 117 Å². The number of alkyl halides is 1. The second kappa shape index (κ2) is 8.12. The van der Waals surface area contributed by atoms with Crippen LogP contribution < -0.4 is 5.73 Å². The molecule has 3 nitrogen and oxygen atoms in total. The van der Waals surface area contributed by atoms with E-state index in [2.05, 4.69) is 4.74 Å². The maximum absolute atomic E-state index is 13.2. The molecular formula is C14H19ClFNO2. The largest absolute Gasteiger partial charge is 0.431 e. The van der Waals surface area contributed by atoms with Crippen LogP contribution in [-0.4, -0.2) is 18.9 Å². The molecule has 0 aliphatic rings. The third-order valence-electron chi connectivity index (χ3n) is 2.82. The van der Waals surface area contributed by atoms with Crippen LogP contribution >= 0.6 is 11.6 Å². The van der Waals surface area contributed by atoms with Gasteiger partial charge in [0.2, 0.25) is 6.36 Å². The summed E-state index contributed by atoms with van der Waals surface area (Å²) in [5, 5.41) is 0.552. The van der Waals surface area contributed by atoms with Gasteiger partial charge < -0.3 is 10.5 Å². The summed E-state index contributed by atoms with van der Waals surface area (Å²) < 4.78 is 17.9. The van der Waals surface area contributed by atoms with Crippen molar-refractivity contribution < 1.29 is 13.9 Å². The fourth-order valence-electron chi connectivity index (χ4n) is 1.80. The van der Waals surface area contributed by atoms with Crippen LogP contribution in [0.25, 0.3) is 0 Å². The van der Waals surface area contributed by atoms with Crippen LogP contribution in [0.15, 0.2) is 24.3 Å². The number of hydrogen-bond acceptors (Lipinski definition) is 3. The Morgan fingerprint density at radius 3 is 2.74 bits per heavy atom. The predicted molar refractivity (Wildman–Crippen MR) is 73.8 cm³/mol. The van der Waals surface area contributed by atoms with Crippen LogP contribution in [0.4, 0.5) is 4.39 Å². The molecule has 1 aromatic carbocycles. The second-order valence-electron chi connectivity index (χ2n) is 4.35. The fourth-order valence-corrected chi connectivity index (χ4v) is 2.09. The van der Waals surface area contributed by atoms with Crippen molar-refractivity contribution in [3.8, 4) is 0 Å². The lowest BCUT2D eigenvalue weighted by atomic mass is 9.96. The Morgan fingerprint density at radius 2 is 2.16 bits per heavy atom. The quantitative estimate of drug-likeness (QED) is 0.782. The van der Waals surface area contributed by atoms with Gasteiger partial charge in [0.15, 0.2) is 0 Å². The zero-order valence-electron chi connectivity index (χ0n) is 10.9. The number of rotatable bonds is 7.